The van der Waals surface area contributed by atoms with Crippen LogP contribution in [-0.4, -0.2) is 0 Å². The number of rotatable bonds is 3. The van der Waals surface area contributed by atoms with Gasteiger partial charge < -0.3 is 4.74 Å². The van der Waals surface area contributed by atoms with Crippen molar-refractivity contribution in [3.05, 3.63) is 66.0 Å². The molecule has 0 radical (unpaired) electrons. The van der Waals surface area contributed by atoms with Crippen LogP contribution >= 0.6 is 15.9 Å². The lowest BCUT2D eigenvalue weighted by atomic mass is 10.2. The Hall–Kier alpha value is -1.61. The lowest BCUT2D eigenvalue weighted by Gasteiger charge is -2.06. The van der Waals surface area contributed by atoms with E-state index in [0.717, 1.165) is 15.8 Å². The molecule has 2 rings (SSSR count). The summed E-state index contributed by atoms with van der Waals surface area (Å²) in [4.78, 5) is 0. The van der Waals surface area contributed by atoms with Crippen molar-refractivity contribution in [2.45, 2.75) is 6.92 Å². The molecule has 0 spiro atoms. The molecular formula is C15H12BrFO. The number of allylic oxidation sites excluding steroid dienone is 1. The van der Waals surface area contributed by atoms with Gasteiger partial charge in [-0.25, -0.2) is 4.39 Å². The van der Waals surface area contributed by atoms with E-state index in [9.17, 15) is 4.39 Å². The summed E-state index contributed by atoms with van der Waals surface area (Å²) in [7, 11) is 0. The monoisotopic (exact) mass is 306 g/mol. The van der Waals surface area contributed by atoms with Crippen LogP contribution in [0.2, 0.25) is 0 Å². The van der Waals surface area contributed by atoms with Gasteiger partial charge in [-0.05, 0) is 48.9 Å². The van der Waals surface area contributed by atoms with E-state index in [1.54, 1.807) is 12.1 Å². The Morgan fingerprint density at radius 2 is 1.50 bits per heavy atom. The zero-order chi connectivity index (χ0) is 13.0. The van der Waals surface area contributed by atoms with E-state index in [1.807, 2.05) is 37.3 Å². The number of benzene rings is 2. The van der Waals surface area contributed by atoms with Crippen molar-refractivity contribution in [1.29, 1.82) is 0 Å². The molecule has 92 valence electrons. The van der Waals surface area contributed by atoms with Crippen molar-refractivity contribution < 1.29 is 9.13 Å². The van der Waals surface area contributed by atoms with E-state index >= 15 is 0 Å². The highest BCUT2D eigenvalue weighted by molar-refractivity contribution is 9.15. The van der Waals surface area contributed by atoms with Crippen molar-refractivity contribution >= 4 is 20.4 Å². The minimum atomic E-state index is -0.269. The first kappa shape index (κ1) is 12.8. The predicted molar refractivity (Wildman–Crippen MR) is 75.5 cm³/mol. The molecular weight excluding hydrogens is 295 g/mol. The molecule has 0 unspecified atom stereocenters. The highest BCUT2D eigenvalue weighted by Gasteiger charge is 2.00. The second-order valence-corrected chi connectivity index (χ2v) is 4.57. The molecule has 1 nitrogen and oxygen atoms in total. The van der Waals surface area contributed by atoms with Crippen LogP contribution < -0.4 is 4.74 Å². The van der Waals surface area contributed by atoms with Gasteiger partial charge >= 0.3 is 0 Å². The van der Waals surface area contributed by atoms with Crippen molar-refractivity contribution in [3.8, 4) is 11.5 Å². The first-order valence-corrected chi connectivity index (χ1v) is 6.34. The molecule has 2 aromatic carbocycles. The third kappa shape index (κ3) is 3.20. The van der Waals surface area contributed by atoms with Crippen LogP contribution in [0.3, 0.4) is 0 Å². The standard InChI is InChI=1S/C15H12BrFO/c1-2-15(16)11-3-7-13(8-4-11)18-14-9-5-12(17)6-10-14/h2-10H,1H3. The molecule has 0 aliphatic heterocycles. The highest BCUT2D eigenvalue weighted by atomic mass is 79.9. The summed E-state index contributed by atoms with van der Waals surface area (Å²) in [6.07, 6.45) is 1.98. The third-order valence-corrected chi connectivity index (χ3v) is 3.35. The topological polar surface area (TPSA) is 9.23 Å². The van der Waals surface area contributed by atoms with Gasteiger partial charge in [0.25, 0.3) is 0 Å². The summed E-state index contributed by atoms with van der Waals surface area (Å²) < 4.78 is 19.4. The Bertz CT molecular complexity index is 544. The van der Waals surface area contributed by atoms with Crippen molar-refractivity contribution in [2.24, 2.45) is 0 Å². The summed E-state index contributed by atoms with van der Waals surface area (Å²) >= 11 is 3.46. The van der Waals surface area contributed by atoms with Gasteiger partial charge in [-0.1, -0.05) is 34.1 Å². The average molecular weight is 307 g/mol. The molecule has 0 bridgehead atoms. The van der Waals surface area contributed by atoms with Crippen molar-refractivity contribution in [2.75, 3.05) is 0 Å². The molecule has 0 saturated heterocycles. The molecule has 2 aromatic rings. The SMILES string of the molecule is CC=C(Br)c1ccc(Oc2ccc(F)cc2)cc1. The minimum absolute atomic E-state index is 0.269. The van der Waals surface area contributed by atoms with E-state index < -0.39 is 0 Å². The van der Waals surface area contributed by atoms with Crippen LogP contribution in [0.25, 0.3) is 4.48 Å². The van der Waals surface area contributed by atoms with E-state index in [1.165, 1.54) is 12.1 Å². The molecule has 0 heterocycles. The van der Waals surface area contributed by atoms with Gasteiger partial charge in [0.2, 0.25) is 0 Å². The summed E-state index contributed by atoms with van der Waals surface area (Å²) in [6.45, 7) is 1.97. The van der Waals surface area contributed by atoms with Gasteiger partial charge in [-0.2, -0.15) is 0 Å². The normalized spacial score (nSPS) is 11.4. The van der Waals surface area contributed by atoms with Gasteiger partial charge in [0.1, 0.15) is 17.3 Å². The molecule has 0 aliphatic rings. The van der Waals surface area contributed by atoms with E-state index in [4.69, 9.17) is 4.74 Å². The fourth-order valence-electron chi connectivity index (χ4n) is 1.49. The molecule has 3 heteroatoms. The van der Waals surface area contributed by atoms with Crippen LogP contribution in [0.4, 0.5) is 4.39 Å². The Morgan fingerprint density at radius 1 is 1.00 bits per heavy atom. The summed E-state index contributed by atoms with van der Waals surface area (Å²) in [6, 6.07) is 13.6. The molecule has 0 N–H and O–H groups in total. The number of halogens is 2. The summed E-state index contributed by atoms with van der Waals surface area (Å²) in [5, 5.41) is 0. The van der Waals surface area contributed by atoms with E-state index in [-0.39, 0.29) is 5.82 Å². The largest absolute Gasteiger partial charge is 0.457 e. The third-order valence-electron chi connectivity index (χ3n) is 2.43. The summed E-state index contributed by atoms with van der Waals surface area (Å²) in [5.41, 5.74) is 1.09. The zero-order valence-electron chi connectivity index (χ0n) is 9.86. The van der Waals surface area contributed by atoms with Crippen molar-refractivity contribution in [1.82, 2.24) is 0 Å². The fraction of sp³-hybridized carbons (Fsp3) is 0.0667. The van der Waals surface area contributed by atoms with Gasteiger partial charge in [0.15, 0.2) is 0 Å². The Balaban J connectivity index is 2.13. The lowest BCUT2D eigenvalue weighted by molar-refractivity contribution is 0.480. The molecule has 0 aliphatic carbocycles. The van der Waals surface area contributed by atoms with Gasteiger partial charge in [-0.3, -0.25) is 0 Å². The smallest absolute Gasteiger partial charge is 0.127 e. The first-order valence-electron chi connectivity index (χ1n) is 5.54. The van der Waals surface area contributed by atoms with Crippen molar-refractivity contribution in [3.63, 3.8) is 0 Å². The zero-order valence-corrected chi connectivity index (χ0v) is 11.4. The maximum absolute atomic E-state index is 12.7. The predicted octanol–water partition coefficient (Wildman–Crippen LogP) is 5.37. The van der Waals surface area contributed by atoms with Gasteiger partial charge in [0.05, 0.1) is 0 Å². The van der Waals surface area contributed by atoms with Gasteiger partial charge in [0, 0.05) is 4.48 Å². The lowest BCUT2D eigenvalue weighted by Crippen LogP contribution is -1.85. The second-order valence-electron chi connectivity index (χ2n) is 3.72. The van der Waals surface area contributed by atoms with Crippen LogP contribution in [-0.2, 0) is 0 Å². The highest BCUT2D eigenvalue weighted by Crippen LogP contribution is 2.26. The molecule has 0 fully saturated rings. The molecule has 0 amide bonds. The number of hydrogen-bond donors (Lipinski definition) is 0. The Labute approximate surface area is 114 Å². The number of ether oxygens (including phenoxy) is 1. The Kier molecular flexibility index (Phi) is 4.15. The maximum atomic E-state index is 12.7. The minimum Gasteiger partial charge on any atom is -0.457 e. The van der Waals surface area contributed by atoms with Gasteiger partial charge in [-0.15, -0.1) is 0 Å². The summed E-state index contributed by atoms with van der Waals surface area (Å²) in [5.74, 6) is 1.07. The van der Waals surface area contributed by atoms with Crippen LogP contribution in [0.5, 0.6) is 11.5 Å². The number of hydrogen-bond acceptors (Lipinski definition) is 1. The van der Waals surface area contributed by atoms with Crippen LogP contribution in [0.15, 0.2) is 54.6 Å². The fourth-order valence-corrected chi connectivity index (χ4v) is 1.75. The van der Waals surface area contributed by atoms with Crippen LogP contribution in [0, 0.1) is 5.82 Å². The molecule has 18 heavy (non-hydrogen) atoms. The second kappa shape index (κ2) is 5.83. The van der Waals surface area contributed by atoms with E-state index in [0.29, 0.717) is 5.75 Å². The maximum Gasteiger partial charge on any atom is 0.127 e. The molecule has 0 aromatic heterocycles. The quantitative estimate of drug-likeness (QED) is 0.740. The van der Waals surface area contributed by atoms with Crippen LogP contribution in [0.1, 0.15) is 12.5 Å². The first-order chi connectivity index (χ1) is 8.69. The van der Waals surface area contributed by atoms with E-state index in [2.05, 4.69) is 15.9 Å². The molecule has 0 atom stereocenters. The molecule has 0 saturated carbocycles. The Morgan fingerprint density at radius 3 is 2.00 bits per heavy atom. The average Bonchev–Trinajstić information content (AvgIpc) is 2.41.